The Kier molecular flexibility index (Phi) is 4.55. The van der Waals surface area contributed by atoms with Gasteiger partial charge in [-0.15, -0.1) is 0 Å². The molecule has 2 rings (SSSR count). The molecule has 5 heteroatoms. The van der Waals surface area contributed by atoms with Crippen molar-refractivity contribution < 1.29 is 5.11 Å². The van der Waals surface area contributed by atoms with Crippen molar-refractivity contribution in [1.82, 2.24) is 9.97 Å². The molecule has 0 unspecified atom stereocenters. The molecule has 0 atom stereocenters. The van der Waals surface area contributed by atoms with E-state index in [1.165, 1.54) is 0 Å². The number of nitrogens with zero attached hydrogens (tertiary/aromatic N) is 2. The number of nitrogens with two attached hydrogens (primary N) is 1. The fourth-order valence-corrected chi connectivity index (χ4v) is 2.25. The second-order valence-electron chi connectivity index (χ2n) is 3.81. The van der Waals surface area contributed by atoms with E-state index >= 15 is 0 Å². The first-order valence-electron chi connectivity index (χ1n) is 5.74. The molecule has 94 valence electrons. The third-order valence-corrected chi connectivity index (χ3v) is 3.29. The lowest BCUT2D eigenvalue weighted by Gasteiger charge is -2.03. The van der Waals surface area contributed by atoms with Gasteiger partial charge in [0.25, 0.3) is 0 Å². The Balaban J connectivity index is 2.06. The molecule has 0 aliphatic carbocycles. The minimum Gasteiger partial charge on any atom is -0.399 e. The van der Waals surface area contributed by atoms with Gasteiger partial charge in [-0.25, -0.2) is 9.97 Å². The van der Waals surface area contributed by atoms with Crippen LogP contribution in [0, 0.1) is 0 Å². The smallest absolute Gasteiger partial charge is 0.129 e. The maximum absolute atomic E-state index is 8.79. The van der Waals surface area contributed by atoms with Crippen molar-refractivity contribution in [3.05, 3.63) is 42.4 Å². The molecule has 0 aliphatic rings. The van der Waals surface area contributed by atoms with Crippen LogP contribution in [-0.4, -0.2) is 21.7 Å². The molecule has 4 nitrogen and oxygen atoms in total. The zero-order chi connectivity index (χ0) is 12.8. The minimum absolute atomic E-state index is 0.165. The summed E-state index contributed by atoms with van der Waals surface area (Å²) < 4.78 is 0. The number of aryl methyl sites for hydroxylation is 1. The zero-order valence-corrected chi connectivity index (χ0v) is 10.7. The van der Waals surface area contributed by atoms with E-state index < -0.39 is 0 Å². The predicted molar refractivity (Wildman–Crippen MR) is 72.4 cm³/mol. The Morgan fingerprint density at radius 2 is 1.94 bits per heavy atom. The van der Waals surface area contributed by atoms with Crippen molar-refractivity contribution in [1.29, 1.82) is 0 Å². The summed E-state index contributed by atoms with van der Waals surface area (Å²) in [5.74, 6) is 0.768. The summed E-state index contributed by atoms with van der Waals surface area (Å²) in [6, 6.07) is 9.56. The van der Waals surface area contributed by atoms with E-state index in [0.717, 1.165) is 21.4 Å². The van der Waals surface area contributed by atoms with Gasteiger partial charge in [0.2, 0.25) is 0 Å². The maximum atomic E-state index is 8.79. The highest BCUT2D eigenvalue weighted by Gasteiger charge is 2.02. The van der Waals surface area contributed by atoms with Gasteiger partial charge < -0.3 is 10.8 Å². The summed E-state index contributed by atoms with van der Waals surface area (Å²) in [6.07, 6.45) is 3.14. The van der Waals surface area contributed by atoms with Gasteiger partial charge in [-0.1, -0.05) is 11.8 Å². The molecule has 0 saturated carbocycles. The van der Waals surface area contributed by atoms with Crippen LogP contribution in [0.5, 0.6) is 0 Å². The van der Waals surface area contributed by atoms with Crippen LogP contribution in [0.1, 0.15) is 12.2 Å². The Morgan fingerprint density at radius 1 is 1.17 bits per heavy atom. The average molecular weight is 261 g/mol. The normalized spacial score (nSPS) is 10.5. The number of hydrogen-bond acceptors (Lipinski definition) is 5. The van der Waals surface area contributed by atoms with Crippen LogP contribution < -0.4 is 5.73 Å². The summed E-state index contributed by atoms with van der Waals surface area (Å²) in [5, 5.41) is 9.69. The molecule has 0 radical (unpaired) electrons. The Morgan fingerprint density at radius 3 is 2.67 bits per heavy atom. The number of aliphatic hydroxyl groups is 1. The molecule has 1 heterocycles. The van der Waals surface area contributed by atoms with E-state index in [9.17, 15) is 0 Å². The van der Waals surface area contributed by atoms with Gasteiger partial charge in [0, 0.05) is 29.8 Å². The third-order valence-electron chi connectivity index (χ3n) is 2.34. The van der Waals surface area contributed by atoms with Crippen LogP contribution in [-0.2, 0) is 6.42 Å². The van der Waals surface area contributed by atoms with Gasteiger partial charge in [-0.2, -0.15) is 0 Å². The van der Waals surface area contributed by atoms with Crippen molar-refractivity contribution in [2.45, 2.75) is 22.8 Å². The summed E-state index contributed by atoms with van der Waals surface area (Å²) in [4.78, 5) is 9.71. The van der Waals surface area contributed by atoms with Gasteiger partial charge >= 0.3 is 0 Å². The lowest BCUT2D eigenvalue weighted by molar-refractivity contribution is 0.287. The van der Waals surface area contributed by atoms with E-state index in [1.807, 2.05) is 30.3 Å². The van der Waals surface area contributed by atoms with Crippen LogP contribution in [0.2, 0.25) is 0 Å². The van der Waals surface area contributed by atoms with Crippen LogP contribution in [0.4, 0.5) is 5.69 Å². The lowest BCUT2D eigenvalue weighted by atomic mass is 10.3. The summed E-state index contributed by atoms with van der Waals surface area (Å²) in [7, 11) is 0. The number of anilines is 1. The second-order valence-corrected chi connectivity index (χ2v) is 4.90. The van der Waals surface area contributed by atoms with Crippen molar-refractivity contribution >= 4 is 17.4 Å². The van der Waals surface area contributed by atoms with Crippen molar-refractivity contribution in [3.63, 3.8) is 0 Å². The van der Waals surface area contributed by atoms with Crippen LogP contribution in [0.15, 0.2) is 46.5 Å². The van der Waals surface area contributed by atoms with Gasteiger partial charge in [-0.3, -0.25) is 0 Å². The molecule has 1 aromatic carbocycles. The van der Waals surface area contributed by atoms with E-state index in [0.29, 0.717) is 12.8 Å². The molecule has 3 N–H and O–H groups in total. The van der Waals surface area contributed by atoms with Gasteiger partial charge in [0.05, 0.1) is 0 Å². The quantitative estimate of drug-likeness (QED) is 0.637. The van der Waals surface area contributed by atoms with E-state index in [4.69, 9.17) is 10.8 Å². The van der Waals surface area contributed by atoms with Gasteiger partial charge in [0.15, 0.2) is 0 Å². The highest BCUT2D eigenvalue weighted by Crippen LogP contribution is 2.26. The number of hydrogen-bond donors (Lipinski definition) is 2. The monoisotopic (exact) mass is 261 g/mol. The topological polar surface area (TPSA) is 72.0 Å². The van der Waals surface area contributed by atoms with E-state index in [2.05, 4.69) is 9.97 Å². The van der Waals surface area contributed by atoms with Gasteiger partial charge in [-0.05, 0) is 36.8 Å². The maximum Gasteiger partial charge on any atom is 0.129 e. The predicted octanol–water partition coefficient (Wildman–Crippen LogP) is 2.13. The number of rotatable bonds is 5. The van der Waals surface area contributed by atoms with E-state index in [-0.39, 0.29) is 6.61 Å². The molecule has 2 aromatic rings. The molecule has 1 aromatic heterocycles. The standard InChI is InChI=1S/C13H15N3OS/c14-10-3-5-11(6-4-10)18-13-7-8-15-12(16-13)2-1-9-17/h3-8,17H,1-2,9,14H2. The van der Waals surface area contributed by atoms with Crippen LogP contribution in [0.25, 0.3) is 0 Å². The molecule has 0 bridgehead atoms. The fourth-order valence-electron chi connectivity index (χ4n) is 1.45. The highest BCUT2D eigenvalue weighted by molar-refractivity contribution is 7.99. The summed E-state index contributed by atoms with van der Waals surface area (Å²) in [5.41, 5.74) is 6.40. The lowest BCUT2D eigenvalue weighted by Crippen LogP contribution is -1.97. The zero-order valence-electron chi connectivity index (χ0n) is 9.91. The fraction of sp³-hybridized carbons (Fsp3) is 0.231. The first-order valence-corrected chi connectivity index (χ1v) is 6.56. The minimum atomic E-state index is 0.165. The Bertz CT molecular complexity index is 502. The first-order chi connectivity index (χ1) is 8.78. The number of benzene rings is 1. The molecule has 0 amide bonds. The molecule has 0 spiro atoms. The average Bonchev–Trinajstić information content (AvgIpc) is 2.40. The molecule has 0 fully saturated rings. The van der Waals surface area contributed by atoms with Crippen LogP contribution >= 0.6 is 11.8 Å². The third kappa shape index (κ3) is 3.72. The molecule has 0 aliphatic heterocycles. The molecular formula is C13H15N3OS. The summed E-state index contributed by atoms with van der Waals surface area (Å²) >= 11 is 1.57. The number of aromatic nitrogens is 2. The number of nitrogen functional groups attached to an aromatic ring is 1. The van der Waals surface area contributed by atoms with Crippen LogP contribution in [0.3, 0.4) is 0 Å². The van der Waals surface area contributed by atoms with Crippen molar-refractivity contribution in [3.8, 4) is 0 Å². The van der Waals surface area contributed by atoms with Gasteiger partial charge in [0.1, 0.15) is 10.9 Å². The SMILES string of the molecule is Nc1ccc(Sc2ccnc(CCCO)n2)cc1. The summed E-state index contributed by atoms with van der Waals surface area (Å²) in [6.45, 7) is 0.165. The molecule has 0 saturated heterocycles. The van der Waals surface area contributed by atoms with Crippen molar-refractivity contribution in [2.24, 2.45) is 0 Å². The number of aliphatic hydroxyl groups excluding tert-OH is 1. The Labute approximate surface area is 110 Å². The Hall–Kier alpha value is -1.59. The molecular weight excluding hydrogens is 246 g/mol. The first kappa shape index (κ1) is 12.9. The van der Waals surface area contributed by atoms with E-state index in [1.54, 1.807) is 18.0 Å². The molecule has 18 heavy (non-hydrogen) atoms. The second kappa shape index (κ2) is 6.37. The van der Waals surface area contributed by atoms with Crippen molar-refractivity contribution in [2.75, 3.05) is 12.3 Å². The highest BCUT2D eigenvalue weighted by atomic mass is 32.2. The largest absolute Gasteiger partial charge is 0.399 e.